The molecule has 6 unspecified atom stereocenters. The number of rotatable bonds is 12. The van der Waals surface area contributed by atoms with Gasteiger partial charge in [-0.1, -0.05) is 0 Å². The van der Waals surface area contributed by atoms with E-state index in [1.54, 1.807) is 0 Å². The van der Waals surface area contributed by atoms with Gasteiger partial charge in [-0.2, -0.15) is 0 Å². The van der Waals surface area contributed by atoms with Crippen LogP contribution in [-0.2, 0) is 19.0 Å². The van der Waals surface area contributed by atoms with Gasteiger partial charge >= 0.3 is 179 Å². The van der Waals surface area contributed by atoms with Crippen LogP contribution in [0.15, 0.2) is 30.3 Å². The number of hydrogen-bond acceptors (Lipinski definition) is 6. The van der Waals surface area contributed by atoms with Crippen molar-refractivity contribution in [2.24, 2.45) is 11.8 Å². The molecule has 1 saturated carbocycles. The number of ether oxygens (including phenoxy) is 3. The van der Waals surface area contributed by atoms with E-state index in [4.69, 9.17) is 14.2 Å². The maximum absolute atomic E-state index is 12.2. The normalized spacial score (nSPS) is 29.0. The Bertz CT molecular complexity index is 666. The Hall–Kier alpha value is -0.951. The van der Waals surface area contributed by atoms with E-state index in [0.29, 0.717) is 6.42 Å². The summed E-state index contributed by atoms with van der Waals surface area (Å²) in [6.07, 6.45) is 7.47. The van der Waals surface area contributed by atoms with E-state index in [9.17, 15) is 15.0 Å². The second-order valence-corrected chi connectivity index (χ2v) is 11.5. The number of methoxy groups -OCH3 is 1. The van der Waals surface area contributed by atoms with Crippen LogP contribution in [0.3, 0.4) is 0 Å². The molecule has 180 valence electrons. The minimum atomic E-state index is -0.440. The van der Waals surface area contributed by atoms with Crippen molar-refractivity contribution in [3.05, 3.63) is 30.3 Å². The summed E-state index contributed by atoms with van der Waals surface area (Å²) in [4.78, 5) is 12.2. The van der Waals surface area contributed by atoms with E-state index in [-0.39, 0.29) is 56.6 Å². The van der Waals surface area contributed by atoms with E-state index >= 15 is 0 Å². The van der Waals surface area contributed by atoms with Gasteiger partial charge < -0.3 is 0 Å². The van der Waals surface area contributed by atoms with E-state index in [2.05, 4.69) is 12.1 Å². The Morgan fingerprint density at radius 2 is 2.00 bits per heavy atom. The fourth-order valence-corrected chi connectivity index (χ4v) is 7.23. The van der Waals surface area contributed by atoms with Crippen molar-refractivity contribution >= 4 is 25.4 Å². The van der Waals surface area contributed by atoms with Crippen LogP contribution in [0.1, 0.15) is 57.8 Å². The molecule has 1 saturated heterocycles. The zero-order chi connectivity index (χ0) is 22.8. The summed E-state index contributed by atoms with van der Waals surface area (Å²) >= 11 is 0.0593. The Kier molecular flexibility index (Phi) is 11.0. The fraction of sp³-hybridized carbons (Fsp3) is 0.720. The number of carbonyl (C=O) groups excluding carboxylic acids is 1. The predicted molar refractivity (Wildman–Crippen MR) is 124 cm³/mol. The zero-order valence-electron chi connectivity index (χ0n) is 19.1. The summed E-state index contributed by atoms with van der Waals surface area (Å²) in [6.45, 7) is 0.758. The molecule has 0 amide bonds. The number of aliphatic hydroxyl groups excluding tert-OH is 2. The van der Waals surface area contributed by atoms with Gasteiger partial charge in [0, 0.05) is 6.61 Å². The van der Waals surface area contributed by atoms with Gasteiger partial charge in [0.25, 0.3) is 0 Å². The Morgan fingerprint density at radius 1 is 1.19 bits per heavy atom. The quantitative estimate of drug-likeness (QED) is 0.254. The van der Waals surface area contributed by atoms with Gasteiger partial charge in [-0.25, -0.2) is 0 Å². The number of unbranched alkanes of at least 4 members (excludes halogenated alkanes) is 2. The van der Waals surface area contributed by atoms with Gasteiger partial charge in [-0.15, -0.1) is 0 Å². The number of aliphatic hydroxyl groups is 2. The molecule has 1 aromatic carbocycles. The molecule has 3 rings (SSSR count). The third kappa shape index (κ3) is 7.54. The molecule has 2 fully saturated rings. The number of carbonyl (C=O) groups is 1. The first-order valence-corrected chi connectivity index (χ1v) is 13.8. The predicted octanol–water partition coefficient (Wildman–Crippen LogP) is 2.83. The average Bonchev–Trinajstić information content (AvgIpc) is 3.12. The van der Waals surface area contributed by atoms with Crippen molar-refractivity contribution in [1.29, 1.82) is 0 Å². The Balaban J connectivity index is 1.41. The fourth-order valence-electron chi connectivity index (χ4n) is 4.88. The summed E-state index contributed by atoms with van der Waals surface area (Å²) in [5.41, 5.74) is 0. The van der Waals surface area contributed by atoms with Crippen molar-refractivity contribution < 1.29 is 29.2 Å². The van der Waals surface area contributed by atoms with Gasteiger partial charge in [0.2, 0.25) is 0 Å². The average molecular weight is 514 g/mol. The molecule has 1 aliphatic heterocycles. The van der Waals surface area contributed by atoms with Crippen molar-refractivity contribution in [3.8, 4) is 0 Å². The molecular weight excluding hydrogens is 475 g/mol. The standard InChI is InChI=1S/C25H38O6Se/c1-29-25(28)23(32-18-10-4-2-5-11-18)13-7-3-6-12-19-20(17-26)22(16-21(19)27)31-24-14-8-9-15-30-24/h2,4-5,10-11,19-24,26-27H,3,6-9,12-17H2,1H3. The van der Waals surface area contributed by atoms with Crippen LogP contribution in [0, 0.1) is 11.8 Å². The van der Waals surface area contributed by atoms with E-state index in [0.717, 1.165) is 58.0 Å². The van der Waals surface area contributed by atoms with E-state index in [1.165, 1.54) is 11.6 Å². The Morgan fingerprint density at radius 3 is 2.69 bits per heavy atom. The van der Waals surface area contributed by atoms with Gasteiger partial charge in [0.15, 0.2) is 0 Å². The third-order valence-corrected chi connectivity index (χ3v) is 9.30. The molecule has 7 heteroatoms. The summed E-state index contributed by atoms with van der Waals surface area (Å²) in [6, 6.07) is 10.1. The van der Waals surface area contributed by atoms with Gasteiger partial charge in [0.05, 0.1) is 0 Å². The zero-order valence-corrected chi connectivity index (χ0v) is 20.8. The molecule has 2 N–H and O–H groups in total. The second-order valence-electron chi connectivity index (χ2n) is 8.86. The third-order valence-electron chi connectivity index (χ3n) is 6.66. The topological polar surface area (TPSA) is 85.2 Å². The van der Waals surface area contributed by atoms with E-state index in [1.807, 2.05) is 18.2 Å². The summed E-state index contributed by atoms with van der Waals surface area (Å²) in [7, 11) is 1.46. The van der Waals surface area contributed by atoms with Crippen LogP contribution in [-0.4, -0.2) is 70.0 Å². The minimum absolute atomic E-state index is 0.0309. The van der Waals surface area contributed by atoms with Crippen LogP contribution < -0.4 is 4.46 Å². The SMILES string of the molecule is COC(=O)C(CCCCCC1C(O)CC(OC2CCCCO2)C1CO)[Se]c1ccccc1. The molecule has 1 heterocycles. The maximum atomic E-state index is 12.2. The van der Waals surface area contributed by atoms with Crippen LogP contribution in [0.25, 0.3) is 0 Å². The van der Waals surface area contributed by atoms with Crippen molar-refractivity contribution in [2.75, 3.05) is 20.3 Å². The van der Waals surface area contributed by atoms with Crippen LogP contribution >= 0.6 is 0 Å². The molecule has 1 aromatic rings. The van der Waals surface area contributed by atoms with Gasteiger partial charge in [0.1, 0.15) is 0 Å². The molecule has 6 atom stereocenters. The molecular formula is C25H38O6Se. The summed E-state index contributed by atoms with van der Waals surface area (Å²) in [5.74, 6) is -0.108. The first-order chi connectivity index (χ1) is 15.6. The van der Waals surface area contributed by atoms with Gasteiger partial charge in [-0.05, 0) is 12.8 Å². The molecule has 2 aliphatic rings. The first kappa shape index (κ1) is 25.7. The van der Waals surface area contributed by atoms with Crippen molar-refractivity contribution in [2.45, 2.75) is 81.1 Å². The molecule has 0 aromatic heterocycles. The number of hydrogen-bond donors (Lipinski definition) is 2. The summed E-state index contributed by atoms with van der Waals surface area (Å²) in [5, 5.41) is 20.6. The molecule has 6 nitrogen and oxygen atoms in total. The van der Waals surface area contributed by atoms with Crippen LogP contribution in [0.5, 0.6) is 0 Å². The Labute approximate surface area is 198 Å². The van der Waals surface area contributed by atoms with Crippen LogP contribution in [0.4, 0.5) is 0 Å². The summed E-state index contributed by atoms with van der Waals surface area (Å²) < 4.78 is 18.0. The van der Waals surface area contributed by atoms with Crippen molar-refractivity contribution in [3.63, 3.8) is 0 Å². The van der Waals surface area contributed by atoms with Crippen molar-refractivity contribution in [1.82, 2.24) is 0 Å². The number of benzene rings is 1. The molecule has 0 radical (unpaired) electrons. The molecule has 0 spiro atoms. The molecule has 32 heavy (non-hydrogen) atoms. The second kappa shape index (κ2) is 13.7. The number of esters is 1. The monoisotopic (exact) mass is 514 g/mol. The molecule has 0 bridgehead atoms. The first-order valence-electron chi connectivity index (χ1n) is 12.0. The molecule has 1 aliphatic carbocycles. The van der Waals surface area contributed by atoms with Gasteiger partial charge in [-0.3, -0.25) is 0 Å². The van der Waals surface area contributed by atoms with Crippen LogP contribution in [0.2, 0.25) is 4.82 Å². The van der Waals surface area contributed by atoms with E-state index < -0.39 is 6.10 Å².